The van der Waals surface area contributed by atoms with Gasteiger partial charge in [-0.15, -0.1) is 0 Å². The summed E-state index contributed by atoms with van der Waals surface area (Å²) in [5, 5.41) is 2.81. The van der Waals surface area contributed by atoms with Crippen LogP contribution in [-0.4, -0.2) is 41.9 Å². The van der Waals surface area contributed by atoms with E-state index in [1.807, 2.05) is 29.2 Å². The molecular formula is C21H28N2O4. The number of rotatable bonds is 6. The molecule has 0 radical (unpaired) electrons. The van der Waals surface area contributed by atoms with E-state index in [1.54, 1.807) is 0 Å². The van der Waals surface area contributed by atoms with Crippen molar-refractivity contribution < 1.29 is 19.1 Å². The highest BCUT2D eigenvalue weighted by molar-refractivity contribution is 5.94. The lowest BCUT2D eigenvalue weighted by atomic mass is 10.0. The fourth-order valence-electron chi connectivity index (χ4n) is 4.01. The number of nitrogens with zero attached hydrogens (tertiary/aromatic N) is 1. The Labute approximate surface area is 160 Å². The minimum Gasteiger partial charge on any atom is -0.455 e. The minimum atomic E-state index is -0.464. The fraction of sp³-hybridized carbons (Fsp3) is 0.571. The summed E-state index contributed by atoms with van der Waals surface area (Å²) in [6.45, 7) is 4.19. The van der Waals surface area contributed by atoms with Gasteiger partial charge >= 0.3 is 5.97 Å². The van der Waals surface area contributed by atoms with Crippen molar-refractivity contribution >= 4 is 23.5 Å². The van der Waals surface area contributed by atoms with Gasteiger partial charge in [0, 0.05) is 24.7 Å². The van der Waals surface area contributed by atoms with Crippen molar-refractivity contribution in [3.63, 3.8) is 0 Å². The molecule has 1 aliphatic carbocycles. The first-order valence-electron chi connectivity index (χ1n) is 9.80. The Morgan fingerprint density at radius 3 is 2.63 bits per heavy atom. The van der Waals surface area contributed by atoms with Crippen molar-refractivity contribution in [2.75, 3.05) is 18.5 Å². The van der Waals surface area contributed by atoms with Crippen molar-refractivity contribution in [2.24, 2.45) is 5.92 Å². The predicted octanol–water partition coefficient (Wildman–Crippen LogP) is 3.08. The molecule has 1 aromatic carbocycles. The number of carbonyl (C=O) groups is 3. The molecule has 0 bridgehead atoms. The quantitative estimate of drug-likeness (QED) is 0.779. The van der Waals surface area contributed by atoms with Gasteiger partial charge < -0.3 is 15.0 Å². The Morgan fingerprint density at radius 1 is 1.22 bits per heavy atom. The van der Waals surface area contributed by atoms with Gasteiger partial charge in [-0.05, 0) is 30.4 Å². The Kier molecular flexibility index (Phi) is 6.14. The van der Waals surface area contributed by atoms with Gasteiger partial charge in [0.2, 0.25) is 5.91 Å². The van der Waals surface area contributed by atoms with Crippen LogP contribution in [0.15, 0.2) is 24.3 Å². The fourth-order valence-corrected chi connectivity index (χ4v) is 4.01. The standard InChI is InChI=1S/C21H28N2O4/c1-14(2)17-9-5-6-10-18(17)22-19(24)13-27-21(26)15-11-20(25)23(12-15)16-7-3-4-8-16/h5-6,9-10,14-16H,3-4,7-8,11-13H2,1-2H3,(H,22,24)/t15-/m0/s1. The van der Waals surface area contributed by atoms with Crippen LogP contribution >= 0.6 is 0 Å². The lowest BCUT2D eigenvalue weighted by Crippen LogP contribution is -2.35. The number of esters is 1. The lowest BCUT2D eigenvalue weighted by Gasteiger charge is -2.23. The monoisotopic (exact) mass is 372 g/mol. The molecular weight excluding hydrogens is 344 g/mol. The third-order valence-electron chi connectivity index (χ3n) is 5.46. The van der Waals surface area contributed by atoms with E-state index in [4.69, 9.17) is 4.74 Å². The van der Waals surface area contributed by atoms with Crippen LogP contribution in [0.4, 0.5) is 5.69 Å². The molecule has 1 atom stereocenters. The zero-order valence-electron chi connectivity index (χ0n) is 16.1. The number of carbonyl (C=O) groups excluding carboxylic acids is 3. The number of hydrogen-bond donors (Lipinski definition) is 1. The van der Waals surface area contributed by atoms with Crippen LogP contribution in [0.1, 0.15) is 57.4 Å². The normalized spacial score (nSPS) is 20.3. The zero-order valence-corrected chi connectivity index (χ0v) is 16.1. The number of anilines is 1. The maximum Gasteiger partial charge on any atom is 0.311 e. The van der Waals surface area contributed by atoms with Crippen LogP contribution in [0.25, 0.3) is 0 Å². The summed E-state index contributed by atoms with van der Waals surface area (Å²) in [4.78, 5) is 38.5. The molecule has 6 nitrogen and oxygen atoms in total. The van der Waals surface area contributed by atoms with Gasteiger partial charge in [0.05, 0.1) is 5.92 Å². The summed E-state index contributed by atoms with van der Waals surface area (Å²) in [6.07, 6.45) is 4.51. The van der Waals surface area contributed by atoms with Gasteiger partial charge in [-0.25, -0.2) is 0 Å². The van der Waals surface area contributed by atoms with Crippen molar-refractivity contribution in [1.82, 2.24) is 4.90 Å². The predicted molar refractivity (Wildman–Crippen MR) is 102 cm³/mol. The average Bonchev–Trinajstić information content (AvgIpc) is 3.29. The molecule has 1 saturated heterocycles. The number of benzene rings is 1. The second-order valence-corrected chi connectivity index (χ2v) is 7.78. The zero-order chi connectivity index (χ0) is 19.4. The molecule has 27 heavy (non-hydrogen) atoms. The first kappa shape index (κ1) is 19.4. The number of nitrogens with one attached hydrogen (secondary N) is 1. The van der Waals surface area contributed by atoms with E-state index >= 15 is 0 Å². The molecule has 6 heteroatoms. The van der Waals surface area contributed by atoms with Gasteiger partial charge in [0.1, 0.15) is 0 Å². The van der Waals surface area contributed by atoms with Crippen LogP contribution in [0.5, 0.6) is 0 Å². The lowest BCUT2D eigenvalue weighted by molar-refractivity contribution is -0.151. The van der Waals surface area contributed by atoms with Gasteiger partial charge in [-0.3, -0.25) is 14.4 Å². The summed E-state index contributed by atoms with van der Waals surface area (Å²) in [5.74, 6) is -0.993. The van der Waals surface area contributed by atoms with E-state index < -0.39 is 11.9 Å². The van der Waals surface area contributed by atoms with Crippen molar-refractivity contribution in [3.8, 4) is 0 Å². The third kappa shape index (κ3) is 4.67. The van der Waals surface area contributed by atoms with E-state index in [1.165, 1.54) is 0 Å². The van der Waals surface area contributed by atoms with Crippen molar-refractivity contribution in [2.45, 2.75) is 57.9 Å². The van der Waals surface area contributed by atoms with Crippen LogP contribution in [0.3, 0.4) is 0 Å². The SMILES string of the molecule is CC(C)c1ccccc1NC(=O)COC(=O)[C@H]1CC(=O)N(C2CCCC2)C1. The molecule has 0 aromatic heterocycles. The number of para-hydroxylation sites is 1. The minimum absolute atomic E-state index is 0.0270. The molecule has 0 unspecified atom stereocenters. The molecule has 1 aliphatic heterocycles. The summed E-state index contributed by atoms with van der Waals surface area (Å²) in [6, 6.07) is 7.86. The summed E-state index contributed by atoms with van der Waals surface area (Å²) < 4.78 is 5.19. The maximum atomic E-state index is 12.3. The van der Waals surface area contributed by atoms with E-state index in [9.17, 15) is 14.4 Å². The van der Waals surface area contributed by atoms with Crippen LogP contribution in [-0.2, 0) is 19.1 Å². The number of ether oxygens (including phenoxy) is 1. The highest BCUT2D eigenvalue weighted by Gasteiger charge is 2.39. The first-order valence-corrected chi connectivity index (χ1v) is 9.80. The van der Waals surface area contributed by atoms with Gasteiger partial charge in [0.15, 0.2) is 6.61 Å². The number of hydrogen-bond acceptors (Lipinski definition) is 4. The molecule has 2 amide bonds. The molecule has 1 saturated carbocycles. The van der Waals surface area contributed by atoms with Gasteiger partial charge in [-0.2, -0.15) is 0 Å². The van der Waals surface area contributed by atoms with Crippen LogP contribution in [0.2, 0.25) is 0 Å². The third-order valence-corrected chi connectivity index (χ3v) is 5.46. The van der Waals surface area contributed by atoms with Crippen LogP contribution in [0, 0.1) is 5.92 Å². The van der Waals surface area contributed by atoms with Crippen LogP contribution < -0.4 is 5.32 Å². The number of likely N-dealkylation sites (tertiary alicyclic amines) is 1. The Morgan fingerprint density at radius 2 is 1.93 bits per heavy atom. The molecule has 146 valence electrons. The summed E-state index contributed by atoms with van der Waals surface area (Å²) >= 11 is 0. The van der Waals surface area contributed by atoms with E-state index in [-0.39, 0.29) is 36.8 Å². The van der Waals surface area contributed by atoms with Crippen molar-refractivity contribution in [3.05, 3.63) is 29.8 Å². The topological polar surface area (TPSA) is 75.7 Å². The molecule has 1 heterocycles. The number of amides is 2. The molecule has 1 aromatic rings. The highest BCUT2D eigenvalue weighted by Crippen LogP contribution is 2.30. The average molecular weight is 372 g/mol. The first-order chi connectivity index (χ1) is 13.0. The van der Waals surface area contributed by atoms with E-state index in [0.29, 0.717) is 6.54 Å². The smallest absolute Gasteiger partial charge is 0.311 e. The Balaban J connectivity index is 1.49. The second kappa shape index (κ2) is 8.55. The molecule has 2 fully saturated rings. The summed E-state index contributed by atoms with van der Waals surface area (Å²) in [5.41, 5.74) is 1.77. The molecule has 2 aliphatic rings. The Hall–Kier alpha value is -2.37. The highest BCUT2D eigenvalue weighted by atomic mass is 16.5. The van der Waals surface area contributed by atoms with E-state index in [2.05, 4.69) is 19.2 Å². The molecule has 1 N–H and O–H groups in total. The summed E-state index contributed by atoms with van der Waals surface area (Å²) in [7, 11) is 0. The Bertz CT molecular complexity index is 710. The molecule has 0 spiro atoms. The maximum absolute atomic E-state index is 12.3. The van der Waals surface area contributed by atoms with Gasteiger partial charge in [0.25, 0.3) is 5.91 Å². The molecule has 3 rings (SSSR count). The van der Waals surface area contributed by atoms with Gasteiger partial charge in [-0.1, -0.05) is 44.9 Å². The van der Waals surface area contributed by atoms with Crippen molar-refractivity contribution in [1.29, 1.82) is 0 Å². The van der Waals surface area contributed by atoms with E-state index in [0.717, 1.165) is 36.9 Å². The largest absolute Gasteiger partial charge is 0.455 e. The second-order valence-electron chi connectivity index (χ2n) is 7.78.